The van der Waals surface area contributed by atoms with Crippen molar-refractivity contribution < 1.29 is 9.53 Å². The number of carbonyl (C=O) groups is 1. The van der Waals surface area contributed by atoms with Gasteiger partial charge < -0.3 is 19.9 Å². The van der Waals surface area contributed by atoms with E-state index in [4.69, 9.17) is 17.0 Å². The lowest BCUT2D eigenvalue weighted by atomic mass is 9.88. The number of nitrogens with zero attached hydrogens (tertiary/aromatic N) is 2. The van der Waals surface area contributed by atoms with E-state index in [1.54, 1.807) is 7.11 Å². The Morgan fingerprint density at radius 2 is 1.76 bits per heavy atom. The minimum Gasteiger partial charge on any atom is -0.383 e. The minimum absolute atomic E-state index is 0.275. The van der Waals surface area contributed by atoms with Crippen LogP contribution in [0.5, 0.6) is 0 Å². The molecule has 1 aliphatic heterocycles. The number of amides is 1. The molecule has 1 heterocycles. The zero-order valence-electron chi connectivity index (χ0n) is 13.0. The molecular weight excluding hydrogens is 286 g/mol. The third-order valence-corrected chi connectivity index (χ3v) is 4.82. The first-order valence-electron chi connectivity index (χ1n) is 8.03. The van der Waals surface area contributed by atoms with Crippen molar-refractivity contribution in [2.24, 2.45) is 5.92 Å². The highest BCUT2D eigenvalue weighted by Crippen LogP contribution is 2.25. The van der Waals surface area contributed by atoms with E-state index >= 15 is 0 Å². The Bertz CT molecular complexity index is 351. The molecule has 0 aromatic carbocycles. The Labute approximate surface area is 133 Å². The fraction of sp³-hybridized carbons (Fsp3) is 0.867. The number of methoxy groups -OCH3 is 1. The highest BCUT2D eigenvalue weighted by Gasteiger charge is 2.28. The van der Waals surface area contributed by atoms with Gasteiger partial charge in [0.05, 0.1) is 6.61 Å². The molecule has 1 aliphatic carbocycles. The van der Waals surface area contributed by atoms with Crippen LogP contribution in [-0.4, -0.2) is 67.3 Å². The number of ether oxygens (including phenoxy) is 1. The van der Waals surface area contributed by atoms with Crippen molar-refractivity contribution in [2.45, 2.75) is 32.1 Å². The van der Waals surface area contributed by atoms with E-state index in [1.807, 2.05) is 4.90 Å². The summed E-state index contributed by atoms with van der Waals surface area (Å²) in [4.78, 5) is 16.7. The topological polar surface area (TPSA) is 44.8 Å². The summed E-state index contributed by atoms with van der Waals surface area (Å²) in [6.07, 6.45) is 5.87. The molecule has 0 spiro atoms. The first-order valence-corrected chi connectivity index (χ1v) is 8.43. The smallest absolute Gasteiger partial charge is 0.225 e. The van der Waals surface area contributed by atoms with Crippen LogP contribution in [0.4, 0.5) is 0 Å². The number of hydrogen-bond donors (Lipinski definition) is 1. The summed E-state index contributed by atoms with van der Waals surface area (Å²) in [6.45, 7) is 4.63. The van der Waals surface area contributed by atoms with E-state index in [0.29, 0.717) is 12.5 Å². The van der Waals surface area contributed by atoms with Crippen molar-refractivity contribution >= 4 is 23.2 Å². The van der Waals surface area contributed by atoms with Gasteiger partial charge in [-0.2, -0.15) is 0 Å². The molecule has 0 atom stereocenters. The Kier molecular flexibility index (Phi) is 6.70. The van der Waals surface area contributed by atoms with Crippen molar-refractivity contribution in [2.75, 3.05) is 46.4 Å². The van der Waals surface area contributed by atoms with Gasteiger partial charge in [-0.15, -0.1) is 0 Å². The molecule has 1 saturated heterocycles. The fourth-order valence-electron chi connectivity index (χ4n) is 3.11. The van der Waals surface area contributed by atoms with Crippen molar-refractivity contribution in [3.63, 3.8) is 0 Å². The molecule has 0 aromatic rings. The highest BCUT2D eigenvalue weighted by atomic mass is 32.1. The van der Waals surface area contributed by atoms with E-state index in [0.717, 1.165) is 50.7 Å². The van der Waals surface area contributed by atoms with E-state index in [1.165, 1.54) is 19.3 Å². The van der Waals surface area contributed by atoms with Gasteiger partial charge >= 0.3 is 0 Å². The molecule has 1 saturated carbocycles. The van der Waals surface area contributed by atoms with E-state index in [2.05, 4.69) is 10.2 Å². The molecule has 0 unspecified atom stereocenters. The van der Waals surface area contributed by atoms with E-state index < -0.39 is 0 Å². The van der Waals surface area contributed by atoms with Gasteiger partial charge in [-0.3, -0.25) is 4.79 Å². The normalized spacial score (nSPS) is 20.4. The predicted molar refractivity (Wildman–Crippen MR) is 87.2 cm³/mol. The third-order valence-electron chi connectivity index (χ3n) is 4.42. The van der Waals surface area contributed by atoms with Gasteiger partial charge in [-0.1, -0.05) is 19.3 Å². The van der Waals surface area contributed by atoms with Gasteiger partial charge in [-0.25, -0.2) is 0 Å². The summed E-state index contributed by atoms with van der Waals surface area (Å²) >= 11 is 5.37. The molecule has 120 valence electrons. The second-order valence-corrected chi connectivity index (χ2v) is 6.26. The monoisotopic (exact) mass is 313 g/mol. The first kappa shape index (κ1) is 16.5. The van der Waals surface area contributed by atoms with Crippen molar-refractivity contribution in [3.8, 4) is 0 Å². The summed E-state index contributed by atoms with van der Waals surface area (Å²) in [7, 11) is 1.68. The summed E-state index contributed by atoms with van der Waals surface area (Å²) in [5.41, 5.74) is 0. The summed E-state index contributed by atoms with van der Waals surface area (Å²) in [5, 5.41) is 3.96. The second kappa shape index (κ2) is 8.54. The standard InChI is InChI=1S/C15H27N3O2S/c1-20-12-7-16-15(21)18-10-8-17(9-11-18)14(19)13-5-3-2-4-6-13/h13H,2-12H2,1H3,(H,16,21). The van der Waals surface area contributed by atoms with Crippen LogP contribution in [-0.2, 0) is 9.53 Å². The SMILES string of the molecule is COCCNC(=S)N1CCN(C(=O)C2CCCCC2)CC1. The zero-order valence-corrected chi connectivity index (χ0v) is 13.8. The van der Waals surface area contributed by atoms with Crippen molar-refractivity contribution in [1.82, 2.24) is 15.1 Å². The maximum absolute atomic E-state index is 12.5. The molecule has 2 aliphatic rings. The Balaban J connectivity index is 1.72. The van der Waals surface area contributed by atoms with Gasteiger partial charge in [0.25, 0.3) is 0 Å². The van der Waals surface area contributed by atoms with Crippen LogP contribution in [0.25, 0.3) is 0 Å². The number of nitrogens with one attached hydrogen (secondary N) is 1. The van der Waals surface area contributed by atoms with Crippen LogP contribution in [0.1, 0.15) is 32.1 Å². The summed E-state index contributed by atoms with van der Waals surface area (Å²) in [5.74, 6) is 0.643. The van der Waals surface area contributed by atoms with Crippen LogP contribution >= 0.6 is 12.2 Å². The van der Waals surface area contributed by atoms with Crippen LogP contribution in [0, 0.1) is 5.92 Å². The molecule has 21 heavy (non-hydrogen) atoms. The average Bonchev–Trinajstić information content (AvgIpc) is 2.55. The van der Waals surface area contributed by atoms with E-state index in [9.17, 15) is 4.79 Å². The molecule has 0 bridgehead atoms. The molecule has 0 radical (unpaired) electrons. The van der Waals surface area contributed by atoms with Crippen LogP contribution in [0.2, 0.25) is 0 Å². The highest BCUT2D eigenvalue weighted by molar-refractivity contribution is 7.80. The van der Waals surface area contributed by atoms with E-state index in [-0.39, 0.29) is 5.92 Å². The number of piperazine rings is 1. The average molecular weight is 313 g/mol. The zero-order chi connectivity index (χ0) is 15.1. The lowest BCUT2D eigenvalue weighted by molar-refractivity contribution is -0.137. The molecule has 1 N–H and O–H groups in total. The lowest BCUT2D eigenvalue weighted by Crippen LogP contribution is -2.54. The van der Waals surface area contributed by atoms with Gasteiger partial charge in [0.1, 0.15) is 0 Å². The number of hydrogen-bond acceptors (Lipinski definition) is 3. The number of carbonyl (C=O) groups excluding carboxylic acids is 1. The Hall–Kier alpha value is -0.880. The van der Waals surface area contributed by atoms with Gasteiger partial charge in [0.2, 0.25) is 5.91 Å². The third kappa shape index (κ3) is 4.81. The molecule has 6 heteroatoms. The maximum Gasteiger partial charge on any atom is 0.225 e. The summed E-state index contributed by atoms with van der Waals surface area (Å²) in [6, 6.07) is 0. The first-order chi connectivity index (χ1) is 10.2. The molecular formula is C15H27N3O2S. The quantitative estimate of drug-likeness (QED) is 0.625. The lowest BCUT2D eigenvalue weighted by Gasteiger charge is -2.38. The Morgan fingerprint density at radius 3 is 2.38 bits per heavy atom. The number of rotatable bonds is 4. The van der Waals surface area contributed by atoms with Crippen LogP contribution < -0.4 is 5.32 Å². The molecule has 0 aromatic heterocycles. The molecule has 2 fully saturated rings. The molecule has 2 rings (SSSR count). The minimum atomic E-state index is 0.275. The van der Waals surface area contributed by atoms with Crippen molar-refractivity contribution in [1.29, 1.82) is 0 Å². The predicted octanol–water partition coefficient (Wildman–Crippen LogP) is 1.23. The second-order valence-electron chi connectivity index (χ2n) is 5.87. The van der Waals surface area contributed by atoms with Gasteiger partial charge in [0, 0.05) is 45.8 Å². The molecule has 1 amide bonds. The Morgan fingerprint density at radius 1 is 1.14 bits per heavy atom. The summed E-state index contributed by atoms with van der Waals surface area (Å²) < 4.78 is 5.00. The maximum atomic E-state index is 12.5. The van der Waals surface area contributed by atoms with Crippen LogP contribution in [0.15, 0.2) is 0 Å². The van der Waals surface area contributed by atoms with Crippen LogP contribution in [0.3, 0.4) is 0 Å². The number of thiocarbonyl (C=S) groups is 1. The largest absolute Gasteiger partial charge is 0.383 e. The van der Waals surface area contributed by atoms with Crippen molar-refractivity contribution in [3.05, 3.63) is 0 Å². The van der Waals surface area contributed by atoms with Gasteiger partial charge in [-0.05, 0) is 25.1 Å². The fourth-order valence-corrected chi connectivity index (χ4v) is 3.39. The molecule has 5 nitrogen and oxygen atoms in total. The van der Waals surface area contributed by atoms with Gasteiger partial charge in [0.15, 0.2) is 5.11 Å².